The molecule has 0 amide bonds. The van der Waals surface area contributed by atoms with Crippen molar-refractivity contribution in [1.82, 2.24) is 4.90 Å². The molecular weight excluding hydrogens is 222 g/mol. The van der Waals surface area contributed by atoms with E-state index in [1.807, 2.05) is 13.0 Å². The number of benzene rings is 1. The van der Waals surface area contributed by atoms with E-state index in [2.05, 4.69) is 30.0 Å². The minimum Gasteiger partial charge on any atom is -0.399 e. The van der Waals surface area contributed by atoms with E-state index in [-0.39, 0.29) is 5.92 Å². The molecule has 0 heterocycles. The van der Waals surface area contributed by atoms with Crippen molar-refractivity contribution in [3.05, 3.63) is 29.3 Å². The number of anilines is 1. The first-order valence-electron chi connectivity index (χ1n) is 6.67. The molecule has 1 aliphatic rings. The topological polar surface area (TPSA) is 53.0 Å². The Morgan fingerprint density at radius 3 is 3.00 bits per heavy atom. The van der Waals surface area contributed by atoms with Gasteiger partial charge < -0.3 is 5.73 Å². The van der Waals surface area contributed by atoms with Crippen molar-refractivity contribution in [1.29, 1.82) is 5.26 Å². The summed E-state index contributed by atoms with van der Waals surface area (Å²) in [6.45, 7) is 5.99. The van der Waals surface area contributed by atoms with Gasteiger partial charge in [0, 0.05) is 18.3 Å². The van der Waals surface area contributed by atoms with E-state index in [1.165, 1.54) is 11.1 Å². The average molecular weight is 243 g/mol. The van der Waals surface area contributed by atoms with Gasteiger partial charge in [0.15, 0.2) is 0 Å². The van der Waals surface area contributed by atoms with Crippen molar-refractivity contribution in [3.63, 3.8) is 0 Å². The maximum absolute atomic E-state index is 8.96. The molecule has 0 aromatic heterocycles. The first-order valence-corrected chi connectivity index (χ1v) is 6.67. The normalized spacial score (nSPS) is 19.6. The highest BCUT2D eigenvalue weighted by Crippen LogP contribution is 2.36. The quantitative estimate of drug-likeness (QED) is 0.827. The molecule has 0 fully saturated rings. The SMILES string of the molecule is CCN(CC(C)C#N)C1CCc2cc(N)ccc21. The van der Waals surface area contributed by atoms with E-state index < -0.39 is 0 Å². The third kappa shape index (κ3) is 2.49. The second-order valence-corrected chi connectivity index (χ2v) is 5.13. The molecule has 0 radical (unpaired) electrons. The highest BCUT2D eigenvalue weighted by molar-refractivity contribution is 5.47. The average Bonchev–Trinajstić information content (AvgIpc) is 2.78. The van der Waals surface area contributed by atoms with Crippen LogP contribution in [-0.2, 0) is 6.42 Å². The number of nitrogens with zero attached hydrogens (tertiary/aromatic N) is 2. The maximum atomic E-state index is 8.96. The molecule has 0 spiro atoms. The molecule has 0 bridgehead atoms. The van der Waals surface area contributed by atoms with Crippen LogP contribution in [0.3, 0.4) is 0 Å². The van der Waals surface area contributed by atoms with Crippen molar-refractivity contribution in [2.24, 2.45) is 5.92 Å². The summed E-state index contributed by atoms with van der Waals surface area (Å²) in [7, 11) is 0. The lowest BCUT2D eigenvalue weighted by molar-refractivity contribution is 0.193. The maximum Gasteiger partial charge on any atom is 0.0666 e. The van der Waals surface area contributed by atoms with Gasteiger partial charge >= 0.3 is 0 Å². The smallest absolute Gasteiger partial charge is 0.0666 e. The Balaban J connectivity index is 2.18. The van der Waals surface area contributed by atoms with Crippen molar-refractivity contribution in [2.45, 2.75) is 32.7 Å². The van der Waals surface area contributed by atoms with E-state index in [0.29, 0.717) is 6.04 Å². The Morgan fingerprint density at radius 2 is 2.33 bits per heavy atom. The second kappa shape index (κ2) is 5.41. The zero-order chi connectivity index (χ0) is 13.1. The molecule has 2 N–H and O–H groups in total. The molecule has 1 aromatic rings. The number of hydrogen-bond acceptors (Lipinski definition) is 3. The molecule has 1 aliphatic carbocycles. The molecule has 96 valence electrons. The third-order valence-corrected chi connectivity index (χ3v) is 3.79. The van der Waals surface area contributed by atoms with Gasteiger partial charge in [-0.3, -0.25) is 4.90 Å². The summed E-state index contributed by atoms with van der Waals surface area (Å²) in [4.78, 5) is 2.41. The molecule has 18 heavy (non-hydrogen) atoms. The lowest BCUT2D eigenvalue weighted by atomic mass is 10.0. The van der Waals surface area contributed by atoms with E-state index in [1.54, 1.807) is 0 Å². The first kappa shape index (κ1) is 12.9. The highest BCUT2D eigenvalue weighted by atomic mass is 15.2. The van der Waals surface area contributed by atoms with Crippen LogP contribution in [0.25, 0.3) is 0 Å². The van der Waals surface area contributed by atoms with Gasteiger partial charge in [-0.25, -0.2) is 0 Å². The van der Waals surface area contributed by atoms with Crippen molar-refractivity contribution >= 4 is 5.69 Å². The van der Waals surface area contributed by atoms with Gasteiger partial charge in [0.25, 0.3) is 0 Å². The number of aryl methyl sites for hydroxylation is 1. The van der Waals surface area contributed by atoms with Gasteiger partial charge in [-0.15, -0.1) is 0 Å². The Labute approximate surface area is 109 Å². The number of fused-ring (bicyclic) bond motifs is 1. The minimum atomic E-state index is 0.0859. The minimum absolute atomic E-state index is 0.0859. The van der Waals surface area contributed by atoms with Crippen LogP contribution in [0.2, 0.25) is 0 Å². The van der Waals surface area contributed by atoms with E-state index in [4.69, 9.17) is 11.0 Å². The van der Waals surface area contributed by atoms with Gasteiger partial charge in [0.1, 0.15) is 0 Å². The van der Waals surface area contributed by atoms with Crippen LogP contribution >= 0.6 is 0 Å². The number of rotatable bonds is 4. The first-order chi connectivity index (χ1) is 8.65. The number of nitrogen functional groups attached to an aromatic ring is 1. The molecule has 0 aliphatic heterocycles. The van der Waals surface area contributed by atoms with E-state index >= 15 is 0 Å². The predicted molar refractivity (Wildman–Crippen MR) is 73.9 cm³/mol. The molecule has 2 unspecified atom stereocenters. The Morgan fingerprint density at radius 1 is 1.56 bits per heavy atom. The fourth-order valence-electron chi connectivity index (χ4n) is 2.86. The third-order valence-electron chi connectivity index (χ3n) is 3.79. The Hall–Kier alpha value is -1.53. The molecule has 2 rings (SSSR count). The number of nitrogens with two attached hydrogens (primary N) is 1. The number of hydrogen-bond donors (Lipinski definition) is 1. The van der Waals surface area contributed by atoms with Crippen molar-refractivity contribution < 1.29 is 0 Å². The van der Waals surface area contributed by atoms with E-state index in [0.717, 1.165) is 31.6 Å². The van der Waals surface area contributed by atoms with Crippen LogP contribution < -0.4 is 5.73 Å². The Kier molecular flexibility index (Phi) is 3.88. The van der Waals surface area contributed by atoms with Crippen molar-refractivity contribution in [3.8, 4) is 6.07 Å². The fraction of sp³-hybridized carbons (Fsp3) is 0.533. The monoisotopic (exact) mass is 243 g/mol. The summed E-state index contributed by atoms with van der Waals surface area (Å²) in [5.41, 5.74) is 9.46. The van der Waals surface area contributed by atoms with Crippen molar-refractivity contribution in [2.75, 3.05) is 18.8 Å². The van der Waals surface area contributed by atoms with Gasteiger partial charge in [-0.1, -0.05) is 13.0 Å². The molecule has 1 aromatic carbocycles. The zero-order valence-electron chi connectivity index (χ0n) is 11.2. The largest absolute Gasteiger partial charge is 0.399 e. The lowest BCUT2D eigenvalue weighted by Gasteiger charge is -2.29. The summed E-state index contributed by atoms with van der Waals surface area (Å²) in [6.07, 6.45) is 2.24. The predicted octanol–water partition coefficient (Wildman–Crippen LogP) is 2.74. The zero-order valence-corrected chi connectivity index (χ0v) is 11.2. The summed E-state index contributed by atoms with van der Waals surface area (Å²) >= 11 is 0. The van der Waals surface area contributed by atoms with Crippen LogP contribution in [0.15, 0.2) is 18.2 Å². The van der Waals surface area contributed by atoms with Gasteiger partial charge in [-0.2, -0.15) is 5.26 Å². The molecular formula is C15H21N3. The number of nitriles is 1. The Bertz CT molecular complexity index is 461. The summed E-state index contributed by atoms with van der Waals surface area (Å²) < 4.78 is 0. The van der Waals surface area contributed by atoms with E-state index in [9.17, 15) is 0 Å². The van der Waals surface area contributed by atoms with Crippen LogP contribution in [0.1, 0.15) is 37.4 Å². The summed E-state index contributed by atoms with van der Waals surface area (Å²) in [5, 5.41) is 8.96. The van der Waals surface area contributed by atoms with Gasteiger partial charge in [0.2, 0.25) is 0 Å². The van der Waals surface area contributed by atoms with Gasteiger partial charge in [0.05, 0.1) is 12.0 Å². The van der Waals surface area contributed by atoms with Crippen LogP contribution in [0.4, 0.5) is 5.69 Å². The summed E-state index contributed by atoms with van der Waals surface area (Å²) in [6, 6.07) is 9.02. The van der Waals surface area contributed by atoms with Crippen LogP contribution in [-0.4, -0.2) is 18.0 Å². The van der Waals surface area contributed by atoms with Gasteiger partial charge in [-0.05, 0) is 49.6 Å². The second-order valence-electron chi connectivity index (χ2n) is 5.13. The molecule has 0 saturated heterocycles. The molecule has 3 nitrogen and oxygen atoms in total. The summed E-state index contributed by atoms with van der Waals surface area (Å²) in [5.74, 6) is 0.0859. The molecule has 3 heteroatoms. The fourth-order valence-corrected chi connectivity index (χ4v) is 2.86. The lowest BCUT2D eigenvalue weighted by Crippen LogP contribution is -2.31. The standard InChI is InChI=1S/C15H21N3/c1-3-18(10-11(2)9-16)15-7-4-12-8-13(17)5-6-14(12)15/h5-6,8,11,15H,3-4,7,10,17H2,1-2H3. The molecule has 0 saturated carbocycles. The van der Waals surface area contributed by atoms with Crippen LogP contribution in [0.5, 0.6) is 0 Å². The highest BCUT2D eigenvalue weighted by Gasteiger charge is 2.27. The molecule has 2 atom stereocenters. The van der Waals surface area contributed by atoms with Crippen LogP contribution in [0, 0.1) is 17.2 Å².